The van der Waals surface area contributed by atoms with Gasteiger partial charge in [0.2, 0.25) is 0 Å². The molecule has 7 heteroatoms. The molecule has 166 valence electrons. The number of hydrogen-bond acceptors (Lipinski definition) is 6. The zero-order valence-electron chi connectivity index (χ0n) is 18.2. The molecule has 3 heterocycles. The Morgan fingerprint density at radius 2 is 1.68 bits per heavy atom. The highest BCUT2D eigenvalue weighted by Gasteiger charge is 2.17. The van der Waals surface area contributed by atoms with Crippen LogP contribution in [0.5, 0.6) is 0 Å². The summed E-state index contributed by atoms with van der Waals surface area (Å²) in [5, 5.41) is 0. The second-order valence-corrected chi connectivity index (χ2v) is 7.57. The van der Waals surface area contributed by atoms with E-state index in [2.05, 4.69) is 9.97 Å². The first-order valence-corrected chi connectivity index (χ1v) is 10.7. The van der Waals surface area contributed by atoms with Crippen LogP contribution in [0.25, 0.3) is 34.3 Å². The van der Waals surface area contributed by atoms with Crippen LogP contribution in [-0.2, 0) is 16.1 Å². The van der Waals surface area contributed by atoms with Crippen molar-refractivity contribution in [2.24, 2.45) is 0 Å². The average molecular weight is 447 g/mol. The maximum absolute atomic E-state index is 12.1. The van der Waals surface area contributed by atoms with Crippen molar-refractivity contribution in [3.8, 4) is 17.1 Å². The van der Waals surface area contributed by atoms with Gasteiger partial charge in [-0.05, 0) is 53.6 Å². The lowest BCUT2D eigenvalue weighted by atomic mass is 10.1. The lowest BCUT2D eigenvalue weighted by Gasteiger charge is -2.10. The first-order valence-electron chi connectivity index (χ1n) is 10.7. The van der Waals surface area contributed by atoms with E-state index in [1.54, 1.807) is 18.5 Å². The average Bonchev–Trinajstić information content (AvgIpc) is 3.27. The summed E-state index contributed by atoms with van der Waals surface area (Å²) in [5.74, 6) is 0.659. The largest absolute Gasteiger partial charge is 0.458 e. The van der Waals surface area contributed by atoms with E-state index >= 15 is 0 Å². The summed E-state index contributed by atoms with van der Waals surface area (Å²) in [4.78, 5) is 25.6. The number of carbonyl (C=O) groups excluding carboxylic acids is 1. The number of aromatic nitrogens is 4. The van der Waals surface area contributed by atoms with Crippen LogP contribution in [-0.4, -0.2) is 25.5 Å². The Bertz CT molecular complexity index is 1470. The number of ether oxygens (including phenoxy) is 1. The molecule has 7 nitrogen and oxygen atoms in total. The van der Waals surface area contributed by atoms with Crippen molar-refractivity contribution in [2.45, 2.75) is 6.61 Å². The fraction of sp³-hybridized carbons (Fsp3) is 0.0370. The molecule has 2 N–H and O–H groups in total. The van der Waals surface area contributed by atoms with Crippen LogP contribution in [0.3, 0.4) is 0 Å². The third-order valence-electron chi connectivity index (χ3n) is 5.28. The number of pyridine rings is 2. The number of fused-ring (bicyclic) bond motifs is 1. The quantitative estimate of drug-likeness (QED) is 0.296. The van der Waals surface area contributed by atoms with Crippen molar-refractivity contribution < 1.29 is 9.53 Å². The monoisotopic (exact) mass is 447 g/mol. The van der Waals surface area contributed by atoms with E-state index in [1.165, 1.54) is 6.08 Å². The molecule has 0 bridgehead atoms. The third-order valence-corrected chi connectivity index (χ3v) is 5.28. The minimum absolute atomic E-state index is 0.240. The van der Waals surface area contributed by atoms with Gasteiger partial charge in [-0.3, -0.25) is 4.57 Å². The molecule has 0 spiro atoms. The molecule has 0 atom stereocenters. The van der Waals surface area contributed by atoms with E-state index in [1.807, 2.05) is 83.4 Å². The number of nitrogen functional groups attached to an aromatic ring is 1. The number of anilines is 1. The number of imidazole rings is 1. The van der Waals surface area contributed by atoms with Crippen molar-refractivity contribution in [1.29, 1.82) is 0 Å². The van der Waals surface area contributed by atoms with Gasteiger partial charge >= 0.3 is 5.97 Å². The first kappa shape index (κ1) is 21.1. The highest BCUT2D eigenvalue weighted by Crippen LogP contribution is 2.30. The molecule has 5 aromatic rings. The van der Waals surface area contributed by atoms with Gasteiger partial charge in [0.1, 0.15) is 17.9 Å². The molecule has 5 rings (SSSR count). The summed E-state index contributed by atoms with van der Waals surface area (Å²) in [7, 11) is 0. The highest BCUT2D eigenvalue weighted by molar-refractivity contribution is 5.87. The van der Waals surface area contributed by atoms with Crippen molar-refractivity contribution in [3.05, 3.63) is 108 Å². The maximum atomic E-state index is 12.1. The minimum atomic E-state index is -0.396. The SMILES string of the molecule is Nc1ncccc1-c1nc2cccnc2n1-c1ccc(/C=C/C(=O)OCc2ccccc2)cc1. The fourth-order valence-electron chi connectivity index (χ4n) is 3.62. The molecule has 3 aromatic heterocycles. The Hall–Kier alpha value is -4.78. The van der Waals surface area contributed by atoms with E-state index in [0.29, 0.717) is 17.3 Å². The second kappa shape index (κ2) is 9.38. The molecular weight excluding hydrogens is 426 g/mol. The van der Waals surface area contributed by atoms with Crippen molar-refractivity contribution in [3.63, 3.8) is 0 Å². The van der Waals surface area contributed by atoms with E-state index < -0.39 is 5.97 Å². The minimum Gasteiger partial charge on any atom is -0.458 e. The number of hydrogen-bond donors (Lipinski definition) is 1. The molecule has 0 fully saturated rings. The number of esters is 1. The molecule has 34 heavy (non-hydrogen) atoms. The molecular formula is C27H21N5O2. The predicted octanol–water partition coefficient (Wildman–Crippen LogP) is 4.82. The van der Waals surface area contributed by atoms with E-state index in [0.717, 1.165) is 27.9 Å². The molecule has 0 unspecified atom stereocenters. The first-order chi connectivity index (χ1) is 16.7. The molecule has 0 aliphatic heterocycles. The fourth-order valence-corrected chi connectivity index (χ4v) is 3.62. The standard InChI is InChI=1S/C27H21N5O2/c28-25-22(8-4-16-29-25)26-31-23-9-5-17-30-27(23)32(26)21-13-10-19(11-14-21)12-15-24(33)34-18-20-6-2-1-3-7-20/h1-17H,18H2,(H2,28,29)/b15-12+. The molecule has 0 radical (unpaired) electrons. The Kier molecular flexibility index (Phi) is 5.82. The van der Waals surface area contributed by atoms with Crippen molar-refractivity contribution >= 4 is 29.0 Å². The number of rotatable bonds is 6. The van der Waals surface area contributed by atoms with Gasteiger partial charge in [-0.25, -0.2) is 19.7 Å². The summed E-state index contributed by atoms with van der Waals surface area (Å²) in [5.41, 5.74) is 11.0. The number of benzene rings is 2. The van der Waals surface area contributed by atoms with Gasteiger partial charge in [0.05, 0.1) is 5.56 Å². The van der Waals surface area contributed by atoms with Gasteiger partial charge < -0.3 is 10.5 Å². The Morgan fingerprint density at radius 1 is 0.912 bits per heavy atom. The molecule has 0 aliphatic rings. The van der Waals surface area contributed by atoms with Gasteiger partial charge in [-0.2, -0.15) is 0 Å². The van der Waals surface area contributed by atoms with Crippen molar-refractivity contribution in [1.82, 2.24) is 19.5 Å². The zero-order valence-corrected chi connectivity index (χ0v) is 18.2. The van der Waals surface area contributed by atoms with Crippen LogP contribution in [0, 0.1) is 0 Å². The topological polar surface area (TPSA) is 95.9 Å². The van der Waals surface area contributed by atoms with E-state index in [9.17, 15) is 4.79 Å². The number of nitrogens with two attached hydrogens (primary N) is 1. The van der Waals surface area contributed by atoms with E-state index in [4.69, 9.17) is 15.5 Å². The molecule has 0 amide bonds. The van der Waals surface area contributed by atoms with Gasteiger partial charge in [0.25, 0.3) is 0 Å². The summed E-state index contributed by atoms with van der Waals surface area (Å²) in [6.07, 6.45) is 6.53. The van der Waals surface area contributed by atoms with Crippen LogP contribution in [0.2, 0.25) is 0 Å². The molecule has 0 saturated heterocycles. The van der Waals surface area contributed by atoms with Crippen LogP contribution in [0.1, 0.15) is 11.1 Å². The lowest BCUT2D eigenvalue weighted by molar-refractivity contribution is -0.138. The summed E-state index contributed by atoms with van der Waals surface area (Å²) in [6, 6.07) is 24.8. The smallest absolute Gasteiger partial charge is 0.331 e. The van der Waals surface area contributed by atoms with Crippen molar-refractivity contribution in [2.75, 3.05) is 5.73 Å². The number of nitrogens with zero attached hydrogens (tertiary/aromatic N) is 4. The predicted molar refractivity (Wildman–Crippen MR) is 132 cm³/mol. The normalized spacial score (nSPS) is 11.2. The summed E-state index contributed by atoms with van der Waals surface area (Å²) < 4.78 is 7.24. The van der Waals surface area contributed by atoms with Crippen LogP contribution in [0.4, 0.5) is 5.82 Å². The second-order valence-electron chi connectivity index (χ2n) is 7.57. The van der Waals surface area contributed by atoms with Crippen LogP contribution < -0.4 is 5.73 Å². The third kappa shape index (κ3) is 4.40. The van der Waals surface area contributed by atoms with Gasteiger partial charge in [0.15, 0.2) is 11.5 Å². The van der Waals surface area contributed by atoms with Gasteiger partial charge in [-0.15, -0.1) is 0 Å². The van der Waals surface area contributed by atoms with Gasteiger partial charge in [-0.1, -0.05) is 42.5 Å². The Labute approximate surface area is 196 Å². The summed E-state index contributed by atoms with van der Waals surface area (Å²) >= 11 is 0. The lowest BCUT2D eigenvalue weighted by Crippen LogP contribution is -2.02. The number of carbonyl (C=O) groups is 1. The zero-order chi connectivity index (χ0) is 23.3. The molecule has 0 aliphatic carbocycles. The summed E-state index contributed by atoms with van der Waals surface area (Å²) in [6.45, 7) is 0.240. The Morgan fingerprint density at radius 3 is 2.47 bits per heavy atom. The molecule has 0 saturated carbocycles. The van der Waals surface area contributed by atoms with Crippen LogP contribution in [0.15, 0.2) is 97.3 Å². The Balaban J connectivity index is 1.40. The maximum Gasteiger partial charge on any atom is 0.331 e. The molecule has 2 aromatic carbocycles. The van der Waals surface area contributed by atoms with E-state index in [-0.39, 0.29) is 6.61 Å². The van der Waals surface area contributed by atoms with Crippen LogP contribution >= 0.6 is 0 Å². The van der Waals surface area contributed by atoms with Gasteiger partial charge in [0, 0.05) is 24.2 Å². The highest BCUT2D eigenvalue weighted by atomic mass is 16.5.